The standard InChI is InChI=1S/C13H22N4O2/c1-9(2)5-11(18)6-14-13(19)8-17-7-12(15-16-17)10-3-4-10/h7,9-11,18H,3-6,8H2,1-2H3,(H,14,19). The van der Waals surface area contributed by atoms with E-state index in [9.17, 15) is 9.90 Å². The van der Waals surface area contributed by atoms with Crippen molar-refractivity contribution >= 4 is 5.91 Å². The zero-order valence-corrected chi connectivity index (χ0v) is 11.5. The molecule has 19 heavy (non-hydrogen) atoms. The van der Waals surface area contributed by atoms with Gasteiger partial charge >= 0.3 is 0 Å². The lowest BCUT2D eigenvalue weighted by atomic mass is 10.1. The van der Waals surface area contributed by atoms with Gasteiger partial charge in [0.05, 0.1) is 11.8 Å². The van der Waals surface area contributed by atoms with E-state index in [-0.39, 0.29) is 12.5 Å². The Kier molecular flexibility index (Phi) is 4.52. The first-order chi connectivity index (χ1) is 9.04. The third kappa shape index (κ3) is 4.63. The minimum absolute atomic E-state index is 0.143. The molecule has 106 valence electrons. The fraction of sp³-hybridized carbons (Fsp3) is 0.769. The second-order valence-corrected chi connectivity index (χ2v) is 5.70. The zero-order valence-electron chi connectivity index (χ0n) is 11.5. The summed E-state index contributed by atoms with van der Waals surface area (Å²) in [6.07, 6.45) is 4.39. The van der Waals surface area contributed by atoms with E-state index in [0.717, 1.165) is 5.69 Å². The smallest absolute Gasteiger partial charge is 0.241 e. The summed E-state index contributed by atoms with van der Waals surface area (Å²) in [4.78, 5) is 11.7. The van der Waals surface area contributed by atoms with Gasteiger partial charge in [-0.3, -0.25) is 4.79 Å². The van der Waals surface area contributed by atoms with Crippen LogP contribution in [0.5, 0.6) is 0 Å². The number of aliphatic hydroxyl groups is 1. The molecule has 0 aliphatic heterocycles. The molecule has 6 nitrogen and oxygen atoms in total. The van der Waals surface area contributed by atoms with Gasteiger partial charge in [0.15, 0.2) is 0 Å². The van der Waals surface area contributed by atoms with Gasteiger partial charge < -0.3 is 10.4 Å². The SMILES string of the molecule is CC(C)CC(O)CNC(=O)Cn1cc(C2CC2)nn1. The molecule has 6 heteroatoms. The van der Waals surface area contributed by atoms with Crippen molar-refractivity contribution in [2.45, 2.75) is 51.7 Å². The first-order valence-corrected chi connectivity index (χ1v) is 6.89. The molecule has 1 unspecified atom stereocenters. The van der Waals surface area contributed by atoms with Crippen LogP contribution < -0.4 is 5.32 Å². The quantitative estimate of drug-likeness (QED) is 0.760. The summed E-state index contributed by atoms with van der Waals surface area (Å²) in [5, 5.41) is 20.4. The highest BCUT2D eigenvalue weighted by atomic mass is 16.3. The van der Waals surface area contributed by atoms with E-state index in [0.29, 0.717) is 24.8 Å². The first-order valence-electron chi connectivity index (χ1n) is 6.89. The van der Waals surface area contributed by atoms with E-state index in [4.69, 9.17) is 0 Å². The van der Waals surface area contributed by atoms with E-state index in [1.54, 1.807) is 4.68 Å². The molecule has 2 rings (SSSR count). The van der Waals surface area contributed by atoms with E-state index >= 15 is 0 Å². The fourth-order valence-corrected chi connectivity index (χ4v) is 2.02. The molecular weight excluding hydrogens is 244 g/mol. The Bertz CT molecular complexity index is 426. The maximum Gasteiger partial charge on any atom is 0.241 e. The third-order valence-corrected chi connectivity index (χ3v) is 3.14. The van der Waals surface area contributed by atoms with E-state index in [1.807, 2.05) is 20.0 Å². The Hall–Kier alpha value is -1.43. The van der Waals surface area contributed by atoms with Crippen LogP contribution in [0.2, 0.25) is 0 Å². The predicted octanol–water partition coefficient (Wildman–Crippen LogP) is 0.679. The minimum Gasteiger partial charge on any atom is -0.391 e. The Labute approximate surface area is 113 Å². The first kappa shape index (κ1) is 14.0. The highest BCUT2D eigenvalue weighted by Crippen LogP contribution is 2.38. The summed E-state index contributed by atoms with van der Waals surface area (Å²) in [6, 6.07) is 0. The highest BCUT2D eigenvalue weighted by molar-refractivity contribution is 5.75. The van der Waals surface area contributed by atoms with Crippen molar-refractivity contribution in [1.29, 1.82) is 0 Å². The van der Waals surface area contributed by atoms with Crippen LogP contribution in [0.15, 0.2) is 6.20 Å². The summed E-state index contributed by atoms with van der Waals surface area (Å²) in [5.41, 5.74) is 0.979. The third-order valence-electron chi connectivity index (χ3n) is 3.14. The van der Waals surface area contributed by atoms with Crippen molar-refractivity contribution < 1.29 is 9.90 Å². The molecule has 1 aromatic heterocycles. The van der Waals surface area contributed by atoms with Gasteiger partial charge in [0.25, 0.3) is 0 Å². The number of amides is 1. The Morgan fingerprint density at radius 3 is 2.95 bits per heavy atom. The van der Waals surface area contributed by atoms with Crippen LogP contribution in [0.25, 0.3) is 0 Å². The Morgan fingerprint density at radius 2 is 2.32 bits per heavy atom. The molecule has 0 bridgehead atoms. The van der Waals surface area contributed by atoms with Crippen LogP contribution in [0.4, 0.5) is 0 Å². The number of hydrogen-bond acceptors (Lipinski definition) is 4. The molecule has 1 aromatic rings. The second-order valence-electron chi connectivity index (χ2n) is 5.70. The number of aromatic nitrogens is 3. The van der Waals surface area contributed by atoms with Crippen LogP contribution in [0, 0.1) is 5.92 Å². The largest absolute Gasteiger partial charge is 0.391 e. The van der Waals surface area contributed by atoms with Crippen molar-refractivity contribution in [3.8, 4) is 0 Å². The van der Waals surface area contributed by atoms with Gasteiger partial charge in [0.2, 0.25) is 5.91 Å². The molecule has 1 aliphatic rings. The molecular formula is C13H22N4O2. The van der Waals surface area contributed by atoms with Gasteiger partial charge in [-0.2, -0.15) is 0 Å². The Morgan fingerprint density at radius 1 is 1.58 bits per heavy atom. The van der Waals surface area contributed by atoms with Crippen molar-refractivity contribution in [3.63, 3.8) is 0 Å². The van der Waals surface area contributed by atoms with Crippen LogP contribution in [0.1, 0.15) is 44.7 Å². The lowest BCUT2D eigenvalue weighted by molar-refractivity contribution is -0.122. The van der Waals surface area contributed by atoms with Gasteiger partial charge in [-0.25, -0.2) is 4.68 Å². The average Bonchev–Trinajstić information content (AvgIpc) is 3.07. The van der Waals surface area contributed by atoms with Crippen LogP contribution in [-0.2, 0) is 11.3 Å². The normalized spacial score (nSPS) is 16.6. The summed E-state index contributed by atoms with van der Waals surface area (Å²) >= 11 is 0. The maximum absolute atomic E-state index is 11.7. The highest BCUT2D eigenvalue weighted by Gasteiger charge is 2.26. The second kappa shape index (κ2) is 6.14. The number of nitrogens with one attached hydrogen (secondary N) is 1. The van der Waals surface area contributed by atoms with Crippen LogP contribution >= 0.6 is 0 Å². The summed E-state index contributed by atoms with van der Waals surface area (Å²) < 4.78 is 1.55. The van der Waals surface area contributed by atoms with Crippen molar-refractivity contribution in [1.82, 2.24) is 20.3 Å². The monoisotopic (exact) mass is 266 g/mol. The molecule has 0 saturated heterocycles. The topological polar surface area (TPSA) is 80.0 Å². The molecule has 1 aliphatic carbocycles. The van der Waals surface area contributed by atoms with E-state index in [2.05, 4.69) is 15.6 Å². The number of nitrogens with zero attached hydrogens (tertiary/aromatic N) is 3. The number of carbonyl (C=O) groups is 1. The molecule has 2 N–H and O–H groups in total. The molecule has 0 spiro atoms. The number of rotatable bonds is 7. The fourth-order valence-electron chi connectivity index (χ4n) is 2.02. The molecule has 1 heterocycles. The number of hydrogen-bond donors (Lipinski definition) is 2. The van der Waals surface area contributed by atoms with E-state index in [1.165, 1.54) is 12.8 Å². The molecule has 0 radical (unpaired) electrons. The van der Waals surface area contributed by atoms with Crippen LogP contribution in [-0.4, -0.2) is 38.7 Å². The summed E-state index contributed by atoms with van der Waals surface area (Å²) in [5.74, 6) is 0.822. The molecule has 1 amide bonds. The van der Waals surface area contributed by atoms with Gasteiger partial charge in [-0.1, -0.05) is 19.1 Å². The number of aliphatic hydroxyl groups excluding tert-OH is 1. The molecule has 1 saturated carbocycles. The molecule has 1 fully saturated rings. The molecule has 0 aromatic carbocycles. The number of carbonyl (C=O) groups excluding carboxylic acids is 1. The van der Waals surface area contributed by atoms with Gasteiger partial charge in [0, 0.05) is 18.7 Å². The summed E-state index contributed by atoms with van der Waals surface area (Å²) in [7, 11) is 0. The van der Waals surface area contributed by atoms with Crippen molar-refractivity contribution in [3.05, 3.63) is 11.9 Å². The van der Waals surface area contributed by atoms with Crippen molar-refractivity contribution in [2.24, 2.45) is 5.92 Å². The van der Waals surface area contributed by atoms with Crippen molar-refractivity contribution in [2.75, 3.05) is 6.54 Å². The lowest BCUT2D eigenvalue weighted by Gasteiger charge is -2.13. The summed E-state index contributed by atoms with van der Waals surface area (Å²) in [6.45, 7) is 4.54. The minimum atomic E-state index is -0.485. The molecule has 1 atom stereocenters. The van der Waals surface area contributed by atoms with E-state index < -0.39 is 6.10 Å². The predicted molar refractivity (Wildman–Crippen MR) is 70.5 cm³/mol. The van der Waals surface area contributed by atoms with Gasteiger partial charge in [0.1, 0.15) is 6.54 Å². The van der Waals surface area contributed by atoms with Gasteiger partial charge in [-0.15, -0.1) is 5.10 Å². The Balaban J connectivity index is 1.71. The maximum atomic E-state index is 11.7. The lowest BCUT2D eigenvalue weighted by Crippen LogP contribution is -2.35. The zero-order chi connectivity index (χ0) is 13.8. The van der Waals surface area contributed by atoms with Crippen LogP contribution in [0.3, 0.4) is 0 Å². The average molecular weight is 266 g/mol. The van der Waals surface area contributed by atoms with Gasteiger partial charge in [-0.05, 0) is 25.2 Å².